The van der Waals surface area contributed by atoms with Gasteiger partial charge in [0, 0.05) is 11.0 Å². The van der Waals surface area contributed by atoms with Gasteiger partial charge in [0.25, 0.3) is 10.0 Å². The number of rotatable bonds is 6. The normalized spacial score (nSPS) is 17.6. The van der Waals surface area contributed by atoms with Crippen molar-refractivity contribution in [2.45, 2.75) is 55.6 Å². The molecule has 0 radical (unpaired) electrons. The lowest BCUT2D eigenvalue weighted by molar-refractivity contribution is -0.140. The molecule has 1 saturated carbocycles. The Kier molecular flexibility index (Phi) is 6.98. The summed E-state index contributed by atoms with van der Waals surface area (Å²) in [6.07, 6.45) is 5.58. The third-order valence-electron chi connectivity index (χ3n) is 4.19. The van der Waals surface area contributed by atoms with E-state index in [2.05, 4.69) is 3.77 Å². The van der Waals surface area contributed by atoms with Crippen LogP contribution in [0.1, 0.15) is 44.1 Å². The van der Waals surface area contributed by atoms with Crippen LogP contribution >= 0.6 is 0 Å². The highest BCUT2D eigenvalue weighted by atomic mass is 32.3. The van der Waals surface area contributed by atoms with Gasteiger partial charge in [0.2, 0.25) is 0 Å². The molecule has 0 amide bonds. The number of esters is 1. The molecule has 0 N–H and O–H groups in total. The van der Waals surface area contributed by atoms with Crippen LogP contribution in [0.2, 0.25) is 0 Å². The summed E-state index contributed by atoms with van der Waals surface area (Å²) in [6, 6.07) is 6.74. The summed E-state index contributed by atoms with van der Waals surface area (Å²) in [5.74, 6) is 0.133. The molecule has 0 spiro atoms. The number of carbonyl (C=O) groups excluding carboxylic acids is 1. The van der Waals surface area contributed by atoms with E-state index in [9.17, 15) is 13.2 Å². The van der Waals surface area contributed by atoms with Gasteiger partial charge in [-0.25, -0.2) is 0 Å². The van der Waals surface area contributed by atoms with E-state index in [1.165, 1.54) is 13.5 Å². The van der Waals surface area contributed by atoms with Crippen molar-refractivity contribution in [3.8, 4) is 0 Å². The first kappa shape index (κ1) is 19.1. The lowest BCUT2D eigenvalue weighted by Crippen LogP contribution is -2.23. The molecule has 5 nitrogen and oxygen atoms in total. The van der Waals surface area contributed by atoms with E-state index >= 15 is 0 Å². The van der Waals surface area contributed by atoms with E-state index in [1.54, 1.807) is 24.3 Å². The molecular weight excluding hydrogens is 346 g/mol. The molecular formula is C17H25NO4S2. The molecule has 1 atom stereocenters. The third-order valence-corrected chi connectivity index (χ3v) is 8.47. The number of sulfonamides is 1. The average molecular weight is 372 g/mol. The van der Waals surface area contributed by atoms with Crippen LogP contribution in [0.25, 0.3) is 0 Å². The molecule has 0 heterocycles. The largest absolute Gasteiger partial charge is 0.469 e. The standard InChI is InChI=1S/C17H25NO4S2/c1-14-8-10-16(11-9-14)24(20,21)18-23(13-12-17(19)22-2)15-6-4-3-5-7-15/h8-11,15H,3-7,12-13H2,1-2H3. The molecule has 7 heteroatoms. The molecule has 24 heavy (non-hydrogen) atoms. The molecule has 1 unspecified atom stereocenters. The van der Waals surface area contributed by atoms with Crippen LogP contribution in [0, 0.1) is 6.92 Å². The lowest BCUT2D eigenvalue weighted by atomic mass is 10.0. The SMILES string of the molecule is COC(=O)CCS(=NS(=O)(=O)c1ccc(C)cc1)C1CCCCC1. The molecule has 2 rings (SSSR count). The van der Waals surface area contributed by atoms with Crippen molar-refractivity contribution in [1.29, 1.82) is 0 Å². The Morgan fingerprint density at radius 1 is 1.21 bits per heavy atom. The molecule has 1 fully saturated rings. The third kappa shape index (κ3) is 5.41. The zero-order valence-corrected chi connectivity index (χ0v) is 15.9. The van der Waals surface area contributed by atoms with Crippen LogP contribution < -0.4 is 0 Å². The first-order chi connectivity index (χ1) is 11.4. The van der Waals surface area contributed by atoms with Crippen molar-refractivity contribution >= 4 is 26.7 Å². The number of aryl methyl sites for hydroxylation is 1. The van der Waals surface area contributed by atoms with Crippen molar-refractivity contribution < 1.29 is 17.9 Å². The van der Waals surface area contributed by atoms with Crippen LogP contribution in [-0.2, 0) is 30.2 Å². The average Bonchev–Trinajstić information content (AvgIpc) is 2.59. The molecule has 0 bridgehead atoms. The van der Waals surface area contributed by atoms with Gasteiger partial charge in [-0.2, -0.15) is 8.42 Å². The first-order valence-electron chi connectivity index (χ1n) is 8.23. The van der Waals surface area contributed by atoms with E-state index in [4.69, 9.17) is 4.74 Å². The Hall–Kier alpha value is -1.21. The Balaban J connectivity index is 2.27. The van der Waals surface area contributed by atoms with E-state index in [0.717, 1.165) is 31.2 Å². The van der Waals surface area contributed by atoms with E-state index in [-0.39, 0.29) is 22.5 Å². The maximum Gasteiger partial charge on any atom is 0.306 e. The zero-order valence-electron chi connectivity index (χ0n) is 14.2. The molecule has 134 valence electrons. The number of carbonyl (C=O) groups is 1. The van der Waals surface area contributed by atoms with Gasteiger partial charge in [-0.1, -0.05) is 47.6 Å². The minimum absolute atomic E-state index is 0.211. The second-order valence-electron chi connectivity index (χ2n) is 6.05. The monoisotopic (exact) mass is 371 g/mol. The zero-order chi connectivity index (χ0) is 17.6. The predicted octanol–water partition coefficient (Wildman–Crippen LogP) is 3.38. The van der Waals surface area contributed by atoms with Crippen LogP contribution in [0.5, 0.6) is 0 Å². The van der Waals surface area contributed by atoms with Crippen molar-refractivity contribution in [3.05, 3.63) is 29.8 Å². The number of hydrogen-bond donors (Lipinski definition) is 0. The summed E-state index contributed by atoms with van der Waals surface area (Å²) in [5, 5.41) is 0.253. The van der Waals surface area contributed by atoms with Crippen molar-refractivity contribution in [3.63, 3.8) is 0 Å². The summed E-state index contributed by atoms with van der Waals surface area (Å²) in [4.78, 5) is 11.7. The van der Waals surface area contributed by atoms with Crippen LogP contribution in [-0.4, -0.2) is 32.5 Å². The van der Waals surface area contributed by atoms with Gasteiger partial charge in [-0.15, -0.1) is 3.77 Å². The summed E-state index contributed by atoms with van der Waals surface area (Å²) < 4.78 is 34.2. The Morgan fingerprint density at radius 2 is 1.83 bits per heavy atom. The van der Waals surface area contributed by atoms with Crippen molar-refractivity contribution in [2.24, 2.45) is 3.77 Å². The number of nitrogens with zero attached hydrogens (tertiary/aromatic N) is 1. The minimum Gasteiger partial charge on any atom is -0.469 e. The minimum atomic E-state index is -3.69. The number of hydrogen-bond acceptors (Lipinski definition) is 4. The highest BCUT2D eigenvalue weighted by Gasteiger charge is 2.22. The van der Waals surface area contributed by atoms with Crippen LogP contribution in [0.15, 0.2) is 32.9 Å². The van der Waals surface area contributed by atoms with Gasteiger partial charge in [0.15, 0.2) is 0 Å². The fourth-order valence-corrected chi connectivity index (χ4v) is 6.98. The maximum absolute atomic E-state index is 12.6. The number of benzene rings is 1. The van der Waals surface area contributed by atoms with E-state index in [1.807, 2.05) is 6.92 Å². The Labute approximate surface area is 147 Å². The summed E-state index contributed by atoms with van der Waals surface area (Å²) in [6.45, 7) is 1.91. The fourth-order valence-electron chi connectivity index (χ4n) is 2.77. The van der Waals surface area contributed by atoms with Crippen molar-refractivity contribution in [1.82, 2.24) is 0 Å². The van der Waals surface area contributed by atoms with Gasteiger partial charge >= 0.3 is 5.97 Å². The molecule has 0 saturated heterocycles. The van der Waals surface area contributed by atoms with E-state index in [0.29, 0.717) is 5.75 Å². The Bertz CT molecular complexity index is 690. The molecule has 1 aliphatic rings. The molecule has 0 aromatic heterocycles. The summed E-state index contributed by atoms with van der Waals surface area (Å²) >= 11 is 0. The first-order valence-corrected chi connectivity index (χ1v) is 11.1. The highest BCUT2D eigenvalue weighted by molar-refractivity contribution is 8.00. The second-order valence-corrected chi connectivity index (χ2v) is 9.95. The molecule has 1 aromatic carbocycles. The van der Waals surface area contributed by atoms with Gasteiger partial charge in [0.05, 0.1) is 18.4 Å². The summed E-state index contributed by atoms with van der Waals surface area (Å²) in [7, 11) is -3.02. The van der Waals surface area contributed by atoms with Gasteiger partial charge < -0.3 is 4.74 Å². The highest BCUT2D eigenvalue weighted by Crippen LogP contribution is 2.25. The van der Waals surface area contributed by atoms with Gasteiger partial charge in [0.1, 0.15) is 0 Å². The molecule has 1 aliphatic carbocycles. The molecule has 0 aliphatic heterocycles. The molecule has 1 aromatic rings. The Morgan fingerprint density at radius 3 is 2.42 bits per heavy atom. The smallest absolute Gasteiger partial charge is 0.306 e. The van der Waals surface area contributed by atoms with E-state index < -0.39 is 20.7 Å². The van der Waals surface area contributed by atoms with Crippen molar-refractivity contribution in [2.75, 3.05) is 12.9 Å². The lowest BCUT2D eigenvalue weighted by Gasteiger charge is -2.24. The fraction of sp³-hybridized carbons (Fsp3) is 0.588. The topological polar surface area (TPSA) is 72.8 Å². The van der Waals surface area contributed by atoms with Crippen LogP contribution in [0.3, 0.4) is 0 Å². The maximum atomic E-state index is 12.6. The summed E-state index contributed by atoms with van der Waals surface area (Å²) in [5.41, 5.74) is 1.01. The van der Waals surface area contributed by atoms with Gasteiger partial charge in [-0.3, -0.25) is 4.79 Å². The number of ether oxygens (including phenoxy) is 1. The predicted molar refractivity (Wildman–Crippen MR) is 96.5 cm³/mol. The number of methoxy groups -OCH3 is 1. The van der Waals surface area contributed by atoms with Crippen LogP contribution in [0.4, 0.5) is 0 Å². The van der Waals surface area contributed by atoms with Gasteiger partial charge in [-0.05, 0) is 31.9 Å². The second kappa shape index (κ2) is 8.76. The quantitative estimate of drug-likeness (QED) is 0.719.